The third kappa shape index (κ3) is 4.98. The van der Waals surface area contributed by atoms with Crippen LogP contribution >= 0.6 is 11.3 Å². The molecule has 0 saturated carbocycles. The first-order valence-corrected chi connectivity index (χ1v) is 9.24. The van der Waals surface area contributed by atoms with Gasteiger partial charge in [-0.15, -0.1) is 0 Å². The van der Waals surface area contributed by atoms with Crippen LogP contribution in [0, 0.1) is 5.92 Å². The molecule has 25 heavy (non-hydrogen) atoms. The van der Waals surface area contributed by atoms with Gasteiger partial charge in [-0.05, 0) is 41.3 Å². The third-order valence-corrected chi connectivity index (χ3v) is 4.82. The number of aliphatic carboxylic acids is 1. The highest BCUT2D eigenvalue weighted by Crippen LogP contribution is 2.40. The largest absolute Gasteiger partial charge is 0.481 e. The van der Waals surface area contributed by atoms with Gasteiger partial charge in [-0.2, -0.15) is 11.3 Å². The van der Waals surface area contributed by atoms with E-state index in [1.807, 2.05) is 47.3 Å². The van der Waals surface area contributed by atoms with E-state index in [-0.39, 0.29) is 24.7 Å². The Kier molecular flexibility index (Phi) is 6.33. The second kappa shape index (κ2) is 8.89. The summed E-state index contributed by atoms with van der Waals surface area (Å²) >= 11 is 1.62. The Hall–Kier alpha value is -2.02. The molecule has 0 spiro atoms. The van der Waals surface area contributed by atoms with E-state index in [0.29, 0.717) is 13.0 Å². The molecule has 0 unspecified atom stereocenters. The predicted octanol–water partition coefficient (Wildman–Crippen LogP) is 4.36. The van der Waals surface area contributed by atoms with Crippen LogP contribution in [0.5, 0.6) is 0 Å². The summed E-state index contributed by atoms with van der Waals surface area (Å²) < 4.78 is 12.2. The normalized spacial score (nSPS) is 23.8. The van der Waals surface area contributed by atoms with Gasteiger partial charge in [0.25, 0.3) is 0 Å². The number of aromatic nitrogens is 1. The summed E-state index contributed by atoms with van der Waals surface area (Å²) in [5, 5.41) is 12.7. The standard InChI is InChI=1S/C19H21NO4S/c21-17(22)7-3-1-2-5-15-12-23-19(16-8-10-25-13-16)24-18(15)14-6-4-9-20-11-14/h1-2,4,6,8-11,13,15,18-19H,3,5,7,12H2,(H,21,22)/b2-1-/t15-,18-,19+/m1/s1. The van der Waals surface area contributed by atoms with Crippen molar-refractivity contribution >= 4 is 17.3 Å². The van der Waals surface area contributed by atoms with Crippen LogP contribution in [0.2, 0.25) is 0 Å². The maximum atomic E-state index is 10.6. The summed E-state index contributed by atoms with van der Waals surface area (Å²) in [4.78, 5) is 14.8. The maximum Gasteiger partial charge on any atom is 0.303 e. The number of pyridine rings is 1. The van der Waals surface area contributed by atoms with E-state index in [2.05, 4.69) is 4.98 Å². The summed E-state index contributed by atoms with van der Waals surface area (Å²) in [6, 6.07) is 5.95. The Morgan fingerprint density at radius 2 is 2.28 bits per heavy atom. The first-order valence-electron chi connectivity index (χ1n) is 8.30. The quantitative estimate of drug-likeness (QED) is 0.744. The molecule has 0 amide bonds. The van der Waals surface area contributed by atoms with Gasteiger partial charge in [0, 0.05) is 30.3 Å². The zero-order valence-corrected chi connectivity index (χ0v) is 14.6. The molecule has 3 atom stereocenters. The lowest BCUT2D eigenvalue weighted by molar-refractivity contribution is -0.243. The van der Waals surface area contributed by atoms with Gasteiger partial charge in [0.15, 0.2) is 6.29 Å². The van der Waals surface area contributed by atoms with E-state index in [0.717, 1.165) is 17.5 Å². The van der Waals surface area contributed by atoms with E-state index < -0.39 is 5.97 Å². The van der Waals surface area contributed by atoms with Crippen molar-refractivity contribution in [1.82, 2.24) is 4.98 Å². The molecule has 2 aromatic rings. The molecule has 0 aliphatic carbocycles. The molecule has 2 aromatic heterocycles. The van der Waals surface area contributed by atoms with Crippen molar-refractivity contribution in [3.8, 4) is 0 Å². The van der Waals surface area contributed by atoms with Gasteiger partial charge in [-0.25, -0.2) is 0 Å². The van der Waals surface area contributed by atoms with Crippen LogP contribution in [0.1, 0.15) is 42.8 Å². The first kappa shape index (κ1) is 17.8. The van der Waals surface area contributed by atoms with E-state index >= 15 is 0 Å². The summed E-state index contributed by atoms with van der Waals surface area (Å²) in [7, 11) is 0. The average molecular weight is 359 g/mol. The molecule has 3 heterocycles. The fraction of sp³-hybridized carbons (Fsp3) is 0.368. The second-order valence-corrected chi connectivity index (χ2v) is 6.74. The average Bonchev–Trinajstić information content (AvgIpc) is 3.17. The van der Waals surface area contributed by atoms with Crippen LogP contribution in [-0.2, 0) is 14.3 Å². The Morgan fingerprint density at radius 3 is 3.00 bits per heavy atom. The molecule has 1 saturated heterocycles. The number of allylic oxidation sites excluding steroid dienone is 2. The van der Waals surface area contributed by atoms with Crippen LogP contribution in [0.15, 0.2) is 53.5 Å². The Labute approximate surface area is 150 Å². The molecule has 0 bridgehead atoms. The van der Waals surface area contributed by atoms with Crippen LogP contribution in [0.4, 0.5) is 0 Å². The van der Waals surface area contributed by atoms with Crippen LogP contribution in [0.3, 0.4) is 0 Å². The summed E-state index contributed by atoms with van der Waals surface area (Å²) in [5.74, 6) is -0.610. The number of carboxylic acids is 1. The number of nitrogens with zero attached hydrogens (tertiary/aromatic N) is 1. The number of carbonyl (C=O) groups is 1. The fourth-order valence-corrected chi connectivity index (χ4v) is 3.51. The molecular formula is C19H21NO4S. The van der Waals surface area contributed by atoms with Crippen molar-refractivity contribution in [2.24, 2.45) is 5.92 Å². The molecule has 1 aliphatic heterocycles. The first-order chi connectivity index (χ1) is 12.2. The maximum absolute atomic E-state index is 10.6. The molecule has 0 aromatic carbocycles. The Bertz CT molecular complexity index is 687. The minimum atomic E-state index is -0.777. The molecule has 1 aliphatic rings. The van der Waals surface area contributed by atoms with Gasteiger partial charge in [-0.3, -0.25) is 9.78 Å². The zero-order chi connectivity index (χ0) is 17.5. The highest BCUT2D eigenvalue weighted by Gasteiger charge is 2.33. The molecule has 1 fully saturated rings. The SMILES string of the molecule is O=C(O)CC/C=C\C[C@@H]1CO[C@H](c2ccsc2)O[C@@H]1c1cccnc1. The summed E-state index contributed by atoms with van der Waals surface area (Å²) in [6.45, 7) is 0.587. The molecule has 5 nitrogen and oxygen atoms in total. The van der Waals surface area contributed by atoms with Crippen molar-refractivity contribution in [1.29, 1.82) is 0 Å². The van der Waals surface area contributed by atoms with Gasteiger partial charge in [0.1, 0.15) is 0 Å². The van der Waals surface area contributed by atoms with Gasteiger partial charge in [-0.1, -0.05) is 18.2 Å². The fourth-order valence-electron chi connectivity index (χ4n) is 2.85. The second-order valence-electron chi connectivity index (χ2n) is 5.96. The van der Waals surface area contributed by atoms with Gasteiger partial charge in [0.05, 0.1) is 12.7 Å². The molecule has 1 N–H and O–H groups in total. The number of hydrogen-bond acceptors (Lipinski definition) is 5. The predicted molar refractivity (Wildman–Crippen MR) is 95.2 cm³/mol. The number of thiophene rings is 1. The lowest BCUT2D eigenvalue weighted by Crippen LogP contribution is -2.30. The molecule has 0 radical (unpaired) electrons. The smallest absolute Gasteiger partial charge is 0.303 e. The topological polar surface area (TPSA) is 68.7 Å². The van der Waals surface area contributed by atoms with Gasteiger partial charge < -0.3 is 14.6 Å². The lowest BCUT2D eigenvalue weighted by atomic mass is 9.93. The van der Waals surface area contributed by atoms with Crippen molar-refractivity contribution in [3.05, 3.63) is 64.6 Å². The number of hydrogen-bond donors (Lipinski definition) is 1. The highest BCUT2D eigenvalue weighted by atomic mass is 32.1. The van der Waals surface area contributed by atoms with Crippen molar-refractivity contribution in [3.63, 3.8) is 0 Å². The van der Waals surface area contributed by atoms with Crippen LogP contribution in [0.25, 0.3) is 0 Å². The van der Waals surface area contributed by atoms with E-state index in [1.165, 1.54) is 0 Å². The number of carboxylic acid groups (broad SMARTS) is 1. The van der Waals surface area contributed by atoms with Crippen LogP contribution in [-0.4, -0.2) is 22.7 Å². The number of rotatable bonds is 7. The molecule has 132 valence electrons. The van der Waals surface area contributed by atoms with Crippen molar-refractivity contribution in [2.75, 3.05) is 6.61 Å². The minimum absolute atomic E-state index is 0.100. The van der Waals surface area contributed by atoms with Crippen molar-refractivity contribution < 1.29 is 19.4 Å². The highest BCUT2D eigenvalue weighted by molar-refractivity contribution is 7.07. The van der Waals surface area contributed by atoms with Crippen molar-refractivity contribution in [2.45, 2.75) is 31.7 Å². The third-order valence-electron chi connectivity index (χ3n) is 4.12. The van der Waals surface area contributed by atoms with E-state index in [4.69, 9.17) is 14.6 Å². The van der Waals surface area contributed by atoms with E-state index in [9.17, 15) is 4.79 Å². The Balaban J connectivity index is 1.67. The summed E-state index contributed by atoms with van der Waals surface area (Å²) in [6.07, 6.45) is 8.53. The van der Waals surface area contributed by atoms with Gasteiger partial charge in [0.2, 0.25) is 0 Å². The minimum Gasteiger partial charge on any atom is -0.481 e. The van der Waals surface area contributed by atoms with Crippen LogP contribution < -0.4 is 0 Å². The monoisotopic (exact) mass is 359 g/mol. The molecular weight excluding hydrogens is 338 g/mol. The summed E-state index contributed by atoms with van der Waals surface area (Å²) in [5.41, 5.74) is 2.07. The molecule has 6 heteroatoms. The lowest BCUT2D eigenvalue weighted by Gasteiger charge is -2.36. The zero-order valence-electron chi connectivity index (χ0n) is 13.8. The Morgan fingerprint density at radius 1 is 1.36 bits per heavy atom. The van der Waals surface area contributed by atoms with Gasteiger partial charge >= 0.3 is 5.97 Å². The number of ether oxygens (including phenoxy) is 2. The molecule has 3 rings (SSSR count). The van der Waals surface area contributed by atoms with E-state index in [1.54, 1.807) is 17.5 Å².